The molecule has 0 amide bonds. The number of rotatable bonds is 6. The van der Waals surface area contributed by atoms with E-state index >= 15 is 0 Å². The van der Waals surface area contributed by atoms with Gasteiger partial charge < -0.3 is 9.26 Å². The first-order valence-electron chi connectivity index (χ1n) is 8.88. The topological polar surface area (TPSA) is 78.9 Å². The number of hydrogen-bond donors (Lipinski definition) is 0. The van der Waals surface area contributed by atoms with E-state index in [4.69, 9.17) is 20.9 Å². The number of benzene rings is 2. The summed E-state index contributed by atoms with van der Waals surface area (Å²) in [6.45, 7) is 3.79. The fraction of sp³-hybridized carbons (Fsp3) is 0.200. The molecule has 1 unspecified atom stereocenters. The third kappa shape index (κ3) is 4.13. The summed E-state index contributed by atoms with van der Waals surface area (Å²) in [5.74, 6) is 2.64. The van der Waals surface area contributed by atoms with Gasteiger partial charge in [-0.05, 0) is 62.4 Å². The molecule has 0 fully saturated rings. The van der Waals surface area contributed by atoms with Crippen molar-refractivity contribution in [2.75, 3.05) is 7.11 Å². The first kappa shape index (κ1) is 19.5. The summed E-state index contributed by atoms with van der Waals surface area (Å²) in [4.78, 5) is 4.32. The molecule has 2 aromatic carbocycles. The highest BCUT2D eigenvalue weighted by Gasteiger charge is 2.22. The number of aryl methyl sites for hydroxylation is 1. The van der Waals surface area contributed by atoms with E-state index in [0.717, 1.165) is 17.0 Å². The lowest BCUT2D eigenvalue weighted by Gasteiger charge is -2.12. The Kier molecular flexibility index (Phi) is 5.55. The Labute approximate surface area is 177 Å². The van der Waals surface area contributed by atoms with Gasteiger partial charge >= 0.3 is 0 Å². The maximum absolute atomic E-state index is 6.08. The summed E-state index contributed by atoms with van der Waals surface area (Å²) in [6.07, 6.45) is 0. The third-order valence-corrected chi connectivity index (χ3v) is 5.52. The number of aromatic nitrogens is 5. The highest BCUT2D eigenvalue weighted by atomic mass is 35.5. The molecule has 0 aliphatic heterocycles. The zero-order valence-electron chi connectivity index (χ0n) is 16.0. The maximum atomic E-state index is 6.08. The van der Waals surface area contributed by atoms with Gasteiger partial charge in [-0.1, -0.05) is 28.5 Å². The minimum absolute atomic E-state index is 0.0878. The predicted octanol–water partition coefficient (Wildman–Crippen LogP) is 5.14. The second-order valence-electron chi connectivity index (χ2n) is 6.29. The Morgan fingerprint density at radius 3 is 2.41 bits per heavy atom. The predicted molar refractivity (Wildman–Crippen MR) is 112 cm³/mol. The maximum Gasteiger partial charge on any atom is 0.239 e. The SMILES string of the molecule is COc1ccc(-c2nnc(SC(C)c3nc(C)no3)n2-c2ccc(Cl)cc2)cc1. The average Bonchev–Trinajstić information content (AvgIpc) is 3.35. The normalized spacial score (nSPS) is 12.1. The molecule has 2 aromatic heterocycles. The van der Waals surface area contributed by atoms with Crippen LogP contribution < -0.4 is 4.74 Å². The first-order chi connectivity index (χ1) is 14.0. The van der Waals surface area contributed by atoms with E-state index in [0.29, 0.717) is 27.7 Å². The highest BCUT2D eigenvalue weighted by Crippen LogP contribution is 2.36. The summed E-state index contributed by atoms with van der Waals surface area (Å²) >= 11 is 7.58. The second-order valence-corrected chi connectivity index (χ2v) is 8.03. The van der Waals surface area contributed by atoms with Gasteiger partial charge in [0.05, 0.1) is 12.4 Å². The van der Waals surface area contributed by atoms with Crippen LogP contribution in [0.3, 0.4) is 0 Å². The van der Waals surface area contributed by atoms with Crippen molar-refractivity contribution in [3.63, 3.8) is 0 Å². The molecule has 0 saturated heterocycles. The molecule has 9 heteroatoms. The Hall–Kier alpha value is -2.84. The molecule has 0 saturated carbocycles. The summed E-state index contributed by atoms with van der Waals surface area (Å²) in [6, 6.07) is 15.2. The van der Waals surface area contributed by atoms with Crippen molar-refractivity contribution in [3.8, 4) is 22.8 Å². The Morgan fingerprint density at radius 2 is 1.79 bits per heavy atom. The van der Waals surface area contributed by atoms with Crippen molar-refractivity contribution < 1.29 is 9.26 Å². The summed E-state index contributed by atoms with van der Waals surface area (Å²) in [5, 5.41) is 14.0. The van der Waals surface area contributed by atoms with Crippen molar-refractivity contribution in [2.24, 2.45) is 0 Å². The van der Waals surface area contributed by atoms with Crippen molar-refractivity contribution in [2.45, 2.75) is 24.3 Å². The van der Waals surface area contributed by atoms with E-state index in [1.165, 1.54) is 11.8 Å². The second kappa shape index (κ2) is 8.26. The summed E-state index contributed by atoms with van der Waals surface area (Å²) < 4.78 is 12.6. The molecule has 148 valence electrons. The van der Waals surface area contributed by atoms with Crippen LogP contribution in [0.4, 0.5) is 0 Å². The van der Waals surface area contributed by atoms with E-state index in [9.17, 15) is 0 Å². The van der Waals surface area contributed by atoms with Crippen LogP contribution in [0, 0.1) is 6.92 Å². The zero-order chi connectivity index (χ0) is 20.4. The molecule has 4 aromatic rings. The molecular formula is C20H18ClN5O2S. The lowest BCUT2D eigenvalue weighted by molar-refractivity contribution is 0.376. The van der Waals surface area contributed by atoms with Gasteiger partial charge in [0.15, 0.2) is 16.8 Å². The highest BCUT2D eigenvalue weighted by molar-refractivity contribution is 7.99. The molecule has 0 N–H and O–H groups in total. The number of ether oxygens (including phenoxy) is 1. The minimum atomic E-state index is -0.0878. The smallest absolute Gasteiger partial charge is 0.239 e. The lowest BCUT2D eigenvalue weighted by atomic mass is 10.2. The van der Waals surface area contributed by atoms with Gasteiger partial charge in [0.25, 0.3) is 0 Å². The third-order valence-electron chi connectivity index (χ3n) is 4.24. The van der Waals surface area contributed by atoms with E-state index in [1.807, 2.05) is 60.0 Å². The van der Waals surface area contributed by atoms with Gasteiger partial charge in [-0.25, -0.2) is 0 Å². The Morgan fingerprint density at radius 1 is 1.07 bits per heavy atom. The van der Waals surface area contributed by atoms with E-state index in [-0.39, 0.29) is 5.25 Å². The van der Waals surface area contributed by atoms with Crippen LogP contribution in [-0.4, -0.2) is 32.0 Å². The molecule has 7 nitrogen and oxygen atoms in total. The van der Waals surface area contributed by atoms with E-state index in [2.05, 4.69) is 20.3 Å². The fourth-order valence-electron chi connectivity index (χ4n) is 2.78. The molecule has 29 heavy (non-hydrogen) atoms. The van der Waals surface area contributed by atoms with Crippen LogP contribution >= 0.6 is 23.4 Å². The first-order valence-corrected chi connectivity index (χ1v) is 10.1. The van der Waals surface area contributed by atoms with Crippen LogP contribution in [0.2, 0.25) is 5.02 Å². The van der Waals surface area contributed by atoms with E-state index < -0.39 is 0 Å². The van der Waals surface area contributed by atoms with E-state index in [1.54, 1.807) is 14.0 Å². The van der Waals surface area contributed by atoms with Gasteiger partial charge in [0.2, 0.25) is 5.89 Å². The van der Waals surface area contributed by atoms with Gasteiger partial charge in [-0.2, -0.15) is 4.98 Å². The molecule has 1 atom stereocenters. The number of methoxy groups -OCH3 is 1. The lowest BCUT2D eigenvalue weighted by Crippen LogP contribution is -2.01. The summed E-state index contributed by atoms with van der Waals surface area (Å²) in [5.41, 5.74) is 1.82. The average molecular weight is 428 g/mol. The molecule has 0 radical (unpaired) electrons. The van der Waals surface area contributed by atoms with Crippen LogP contribution in [0.25, 0.3) is 17.1 Å². The fourth-order valence-corrected chi connectivity index (χ4v) is 3.81. The molecular weight excluding hydrogens is 410 g/mol. The number of hydrogen-bond acceptors (Lipinski definition) is 7. The van der Waals surface area contributed by atoms with Crippen LogP contribution in [0.1, 0.15) is 23.9 Å². The van der Waals surface area contributed by atoms with Crippen LogP contribution in [-0.2, 0) is 0 Å². The quantitative estimate of drug-likeness (QED) is 0.394. The van der Waals surface area contributed by atoms with Crippen molar-refractivity contribution in [1.82, 2.24) is 24.9 Å². The minimum Gasteiger partial charge on any atom is -0.497 e. The van der Waals surface area contributed by atoms with Crippen molar-refractivity contribution >= 4 is 23.4 Å². The number of thioether (sulfide) groups is 1. The monoisotopic (exact) mass is 427 g/mol. The number of halogens is 1. The molecule has 0 aliphatic rings. The molecule has 4 rings (SSSR count). The standard InChI is InChI=1S/C20H18ClN5O2S/c1-12(19-22-13(2)25-28-19)29-20-24-23-18(14-4-10-17(27-3)11-5-14)26(20)16-8-6-15(21)7-9-16/h4-12H,1-3H3. The van der Waals surface area contributed by atoms with Gasteiger partial charge in [-0.15, -0.1) is 10.2 Å². The van der Waals surface area contributed by atoms with Crippen molar-refractivity contribution in [1.29, 1.82) is 0 Å². The van der Waals surface area contributed by atoms with Gasteiger partial charge in [0, 0.05) is 16.3 Å². The largest absolute Gasteiger partial charge is 0.497 e. The Bertz CT molecular complexity index is 1110. The van der Waals surface area contributed by atoms with Crippen LogP contribution in [0.15, 0.2) is 58.2 Å². The van der Waals surface area contributed by atoms with Gasteiger partial charge in [0.1, 0.15) is 5.75 Å². The summed E-state index contributed by atoms with van der Waals surface area (Å²) in [7, 11) is 1.64. The Balaban J connectivity index is 1.76. The molecule has 2 heterocycles. The zero-order valence-corrected chi connectivity index (χ0v) is 17.6. The number of nitrogens with zero attached hydrogens (tertiary/aromatic N) is 5. The molecule has 0 spiro atoms. The molecule has 0 bridgehead atoms. The molecule has 0 aliphatic carbocycles. The van der Waals surface area contributed by atoms with Gasteiger partial charge in [-0.3, -0.25) is 4.57 Å². The van der Waals surface area contributed by atoms with Crippen molar-refractivity contribution in [3.05, 3.63) is 65.3 Å². The van der Waals surface area contributed by atoms with Crippen LogP contribution in [0.5, 0.6) is 5.75 Å².